The lowest BCUT2D eigenvalue weighted by molar-refractivity contribution is 0.103. The molecule has 0 fully saturated rings. The lowest BCUT2D eigenvalue weighted by Gasteiger charge is -2.18. The highest BCUT2D eigenvalue weighted by Gasteiger charge is 2.24. The summed E-state index contributed by atoms with van der Waals surface area (Å²) in [7, 11) is 2.35. The molecule has 0 aliphatic heterocycles. The Morgan fingerprint density at radius 3 is 2.45 bits per heavy atom. The van der Waals surface area contributed by atoms with Crippen LogP contribution in [0.3, 0.4) is 0 Å². The number of halogens is 1. The van der Waals surface area contributed by atoms with Crippen molar-refractivity contribution >= 4 is 20.1 Å². The Bertz CT molecular complexity index is 894. The summed E-state index contributed by atoms with van der Waals surface area (Å²) in [5.74, 6) is -0.243. The van der Waals surface area contributed by atoms with Gasteiger partial charge in [0.25, 0.3) is 0 Å². The highest BCUT2D eigenvalue weighted by atomic mass is 31.1. The summed E-state index contributed by atoms with van der Waals surface area (Å²) in [6, 6.07) is 7.05. The van der Waals surface area contributed by atoms with Gasteiger partial charge in [-0.15, -0.1) is 8.58 Å². The Kier molecular flexibility index (Phi) is 11.8. The molecular formula is C24H32FO5P. The Labute approximate surface area is 185 Å². The van der Waals surface area contributed by atoms with Gasteiger partial charge in [-0.2, -0.15) is 0 Å². The van der Waals surface area contributed by atoms with Crippen LogP contribution in [0.5, 0.6) is 11.5 Å². The van der Waals surface area contributed by atoms with Gasteiger partial charge in [0.1, 0.15) is 11.6 Å². The second kappa shape index (κ2) is 13.8. The molecule has 0 bridgehead atoms. The van der Waals surface area contributed by atoms with Crippen LogP contribution in [0.15, 0.2) is 36.4 Å². The molecule has 1 unspecified atom stereocenters. The van der Waals surface area contributed by atoms with E-state index in [0.717, 1.165) is 14.7 Å². The molecule has 5 nitrogen and oxygen atoms in total. The van der Waals surface area contributed by atoms with Crippen molar-refractivity contribution in [2.75, 3.05) is 33.2 Å². The number of ketones is 1. The molecule has 170 valence electrons. The second-order valence-corrected chi connectivity index (χ2v) is 7.76. The van der Waals surface area contributed by atoms with E-state index in [4.69, 9.17) is 14.6 Å². The number of hydrogen-bond acceptors (Lipinski definition) is 5. The number of aliphatic hydroxyl groups excluding tert-OH is 1. The van der Waals surface area contributed by atoms with Crippen LogP contribution in [0, 0.1) is 12.7 Å². The molecule has 0 spiro atoms. The molecule has 2 aromatic carbocycles. The molecule has 2 rings (SSSR count). The normalized spacial score (nSPS) is 11.3. The van der Waals surface area contributed by atoms with E-state index in [0.29, 0.717) is 36.5 Å². The molecule has 2 N–H and O–H groups in total. The van der Waals surface area contributed by atoms with Crippen LogP contribution in [0.25, 0.3) is 5.76 Å². The summed E-state index contributed by atoms with van der Waals surface area (Å²) in [6.45, 7) is 8.29. The predicted molar refractivity (Wildman–Crippen MR) is 125 cm³/mol. The van der Waals surface area contributed by atoms with Crippen molar-refractivity contribution in [1.29, 1.82) is 0 Å². The number of methoxy groups -OCH3 is 1. The second-order valence-electron chi connectivity index (χ2n) is 6.55. The number of phenols is 1. The van der Waals surface area contributed by atoms with Crippen LogP contribution < -0.4 is 4.74 Å². The van der Waals surface area contributed by atoms with Crippen LogP contribution in [0.2, 0.25) is 0 Å². The predicted octanol–water partition coefficient (Wildman–Crippen LogP) is 5.15. The van der Waals surface area contributed by atoms with E-state index in [-0.39, 0.29) is 22.6 Å². The third-order valence-electron chi connectivity index (χ3n) is 4.36. The van der Waals surface area contributed by atoms with Crippen LogP contribution in [-0.2, 0) is 4.74 Å². The third kappa shape index (κ3) is 7.34. The highest BCUT2D eigenvalue weighted by Crippen LogP contribution is 2.38. The fourth-order valence-corrected chi connectivity index (χ4v) is 3.12. The highest BCUT2D eigenvalue weighted by molar-refractivity contribution is 7.37. The van der Waals surface area contributed by atoms with Crippen molar-refractivity contribution in [2.45, 2.75) is 27.2 Å². The lowest BCUT2D eigenvalue weighted by Crippen LogP contribution is -2.10. The summed E-state index contributed by atoms with van der Waals surface area (Å²) in [4.78, 5) is 13.1. The quantitative estimate of drug-likeness (QED) is 0.314. The van der Waals surface area contributed by atoms with Crippen LogP contribution in [0.4, 0.5) is 4.39 Å². The minimum Gasteiger partial charge on any atom is -0.504 e. The van der Waals surface area contributed by atoms with Crippen molar-refractivity contribution in [3.63, 3.8) is 0 Å². The fourth-order valence-electron chi connectivity index (χ4n) is 2.89. The van der Waals surface area contributed by atoms with Gasteiger partial charge in [0.2, 0.25) is 0 Å². The van der Waals surface area contributed by atoms with Gasteiger partial charge in [-0.1, -0.05) is 19.1 Å². The Morgan fingerprint density at radius 2 is 1.97 bits per heavy atom. The molecule has 0 radical (unpaired) electrons. The first-order chi connectivity index (χ1) is 14.9. The van der Waals surface area contributed by atoms with E-state index in [9.17, 15) is 14.3 Å². The Balaban J connectivity index is 0.000000861. The van der Waals surface area contributed by atoms with E-state index >= 15 is 0 Å². The first-order valence-corrected chi connectivity index (χ1v) is 11.9. The van der Waals surface area contributed by atoms with Crippen molar-refractivity contribution in [2.24, 2.45) is 0 Å². The molecule has 0 aliphatic carbocycles. The number of rotatable bonds is 9. The van der Waals surface area contributed by atoms with Crippen LogP contribution >= 0.6 is 8.58 Å². The largest absolute Gasteiger partial charge is 0.504 e. The van der Waals surface area contributed by atoms with Crippen LogP contribution in [0.1, 0.15) is 47.3 Å². The van der Waals surface area contributed by atoms with Gasteiger partial charge in [-0.25, -0.2) is 4.39 Å². The molecule has 0 amide bonds. The van der Waals surface area contributed by atoms with Crippen molar-refractivity contribution in [1.82, 2.24) is 0 Å². The molecule has 31 heavy (non-hydrogen) atoms. The number of carbonyl (C=O) groups excluding carboxylic acids is 1. The van der Waals surface area contributed by atoms with Gasteiger partial charge in [0.05, 0.1) is 13.7 Å². The Morgan fingerprint density at radius 1 is 1.26 bits per heavy atom. The lowest BCUT2D eigenvalue weighted by atomic mass is 9.91. The number of carbonyl (C=O) groups is 1. The minimum atomic E-state index is -0.498. The smallest absolute Gasteiger partial charge is 0.194 e. The summed E-state index contributed by atoms with van der Waals surface area (Å²) in [6.07, 6.45) is 3.53. The fraction of sp³-hybridized carbons (Fsp3) is 0.375. The van der Waals surface area contributed by atoms with E-state index in [1.54, 1.807) is 19.1 Å². The van der Waals surface area contributed by atoms with E-state index in [2.05, 4.69) is 6.66 Å². The van der Waals surface area contributed by atoms with Gasteiger partial charge in [-0.05, 0) is 57.4 Å². The zero-order valence-corrected chi connectivity index (χ0v) is 19.8. The Hall–Kier alpha value is -2.43. The maximum Gasteiger partial charge on any atom is 0.194 e. The molecule has 0 saturated heterocycles. The van der Waals surface area contributed by atoms with Gasteiger partial charge < -0.3 is 19.7 Å². The molecule has 0 saturated carbocycles. The summed E-state index contributed by atoms with van der Waals surface area (Å²) >= 11 is 0. The van der Waals surface area contributed by atoms with E-state index < -0.39 is 11.6 Å². The summed E-state index contributed by atoms with van der Waals surface area (Å²) < 4.78 is 24.5. The third-order valence-corrected chi connectivity index (χ3v) is 5.08. The number of aliphatic hydroxyl groups is 1. The first-order valence-electron chi connectivity index (χ1n) is 10.2. The van der Waals surface area contributed by atoms with Gasteiger partial charge in [0.15, 0.2) is 17.3 Å². The molecular weight excluding hydrogens is 418 g/mol. The topological polar surface area (TPSA) is 76.0 Å². The average Bonchev–Trinajstić information content (AvgIpc) is 2.76. The molecule has 7 heteroatoms. The summed E-state index contributed by atoms with van der Waals surface area (Å²) in [5.41, 5.74) is 1.33. The average molecular weight is 450 g/mol. The monoisotopic (exact) mass is 450 g/mol. The molecule has 0 heterocycles. The number of hydrogen-bond donors (Lipinski definition) is 2. The number of allylic oxidation sites excluding steroid dienone is 1. The van der Waals surface area contributed by atoms with Crippen molar-refractivity contribution < 1.29 is 28.9 Å². The number of phenolic OH excluding ortho intramolecular Hbond substituents is 1. The number of ether oxygens (including phenoxy) is 2. The molecule has 0 aliphatic rings. The number of benzene rings is 2. The van der Waals surface area contributed by atoms with Crippen molar-refractivity contribution in [3.05, 3.63) is 64.5 Å². The van der Waals surface area contributed by atoms with E-state index in [1.165, 1.54) is 25.3 Å². The maximum absolute atomic E-state index is 13.6. The SMILES string of the molecule is CCC=C(OCC)c1cc(OC)c(O)c(C)c1C(=O)c1cccc(F)c1.CPCCO. The maximum atomic E-state index is 13.6. The van der Waals surface area contributed by atoms with Gasteiger partial charge in [-0.3, -0.25) is 4.79 Å². The molecule has 1 atom stereocenters. The minimum absolute atomic E-state index is 0.122. The van der Waals surface area contributed by atoms with E-state index in [1.807, 2.05) is 19.9 Å². The van der Waals surface area contributed by atoms with Gasteiger partial charge in [0, 0.05) is 28.9 Å². The zero-order valence-electron chi connectivity index (χ0n) is 18.8. The molecule has 2 aromatic rings. The summed E-state index contributed by atoms with van der Waals surface area (Å²) in [5, 5.41) is 18.5. The van der Waals surface area contributed by atoms with Crippen LogP contribution in [-0.4, -0.2) is 49.1 Å². The molecule has 0 aromatic heterocycles. The number of aromatic hydroxyl groups is 1. The zero-order chi connectivity index (χ0) is 23.4. The first kappa shape index (κ1) is 26.6. The van der Waals surface area contributed by atoms with Crippen molar-refractivity contribution in [3.8, 4) is 11.5 Å². The van der Waals surface area contributed by atoms with Gasteiger partial charge >= 0.3 is 0 Å². The standard InChI is InChI=1S/C21H23FO4.C3H9OP/c1-5-8-17(26-6-2)16-12-18(25-4)20(23)13(3)19(16)21(24)14-9-7-10-15(22)11-14;1-5-3-2-4/h7-12,23H,5-6H2,1-4H3;4-5H,2-3H2,1H3.